The van der Waals surface area contributed by atoms with Crippen LogP contribution in [-0.4, -0.2) is 34.7 Å². The van der Waals surface area contributed by atoms with Crippen LogP contribution < -0.4 is 5.32 Å². The molecule has 1 heterocycles. The number of hydrogen-bond donors (Lipinski definition) is 1. The number of likely N-dealkylation sites (tertiary alicyclic amines) is 1. The Hall–Kier alpha value is -3.55. The maximum Gasteiger partial charge on any atom is 0.306 e. The number of carbonyl (C=O) groups is 2. The lowest BCUT2D eigenvalue weighted by atomic mass is 9.95. The number of nitro groups is 1. The number of nitrogens with one attached hydrogen (secondary N) is 1. The van der Waals surface area contributed by atoms with Crippen LogP contribution in [0.2, 0.25) is 0 Å². The van der Waals surface area contributed by atoms with E-state index in [1.165, 1.54) is 12.1 Å². The Balaban J connectivity index is 1.53. The molecule has 1 saturated heterocycles. The second kappa shape index (κ2) is 9.09. The molecule has 1 N–H and O–H groups in total. The van der Waals surface area contributed by atoms with E-state index in [-0.39, 0.29) is 23.4 Å². The topological polar surface area (TPSA) is 92.5 Å². The number of rotatable bonds is 5. The first-order valence-corrected chi connectivity index (χ1v) is 9.21. The lowest BCUT2D eigenvalue weighted by Gasteiger charge is -2.30. The van der Waals surface area contributed by atoms with E-state index in [1.54, 1.807) is 11.0 Å². The fraction of sp³-hybridized carbons (Fsp3) is 0.238. The SMILES string of the molecule is O=C(Nc1ccc(F)c([N+](=O)[O-])c1)C1CCN(C(=O)/C=C/c2ccccc2)CC1. The van der Waals surface area contributed by atoms with Crippen LogP contribution in [0.25, 0.3) is 6.08 Å². The molecule has 29 heavy (non-hydrogen) atoms. The van der Waals surface area contributed by atoms with Crippen molar-refractivity contribution < 1.29 is 18.9 Å². The molecule has 0 aliphatic carbocycles. The van der Waals surface area contributed by atoms with Gasteiger partial charge in [0.2, 0.25) is 17.6 Å². The Morgan fingerprint density at radius 2 is 1.83 bits per heavy atom. The molecule has 7 nitrogen and oxygen atoms in total. The van der Waals surface area contributed by atoms with Crippen LogP contribution >= 0.6 is 0 Å². The lowest BCUT2D eigenvalue weighted by molar-refractivity contribution is -0.387. The summed E-state index contributed by atoms with van der Waals surface area (Å²) in [5.74, 6) is -1.68. The van der Waals surface area contributed by atoms with E-state index in [1.807, 2.05) is 30.3 Å². The molecule has 1 aliphatic rings. The van der Waals surface area contributed by atoms with Gasteiger partial charge in [-0.3, -0.25) is 19.7 Å². The summed E-state index contributed by atoms with van der Waals surface area (Å²) in [6.07, 6.45) is 4.25. The largest absolute Gasteiger partial charge is 0.339 e. The molecule has 0 radical (unpaired) electrons. The highest BCUT2D eigenvalue weighted by Crippen LogP contribution is 2.24. The molecule has 150 valence electrons. The quantitative estimate of drug-likeness (QED) is 0.474. The molecular weight excluding hydrogens is 377 g/mol. The van der Waals surface area contributed by atoms with Gasteiger partial charge in [-0.2, -0.15) is 4.39 Å². The predicted molar refractivity (Wildman–Crippen MR) is 106 cm³/mol. The van der Waals surface area contributed by atoms with E-state index in [4.69, 9.17) is 0 Å². The Bertz CT molecular complexity index is 938. The van der Waals surface area contributed by atoms with Crippen LogP contribution in [0.15, 0.2) is 54.6 Å². The smallest absolute Gasteiger partial charge is 0.306 e. The van der Waals surface area contributed by atoms with E-state index in [2.05, 4.69) is 5.32 Å². The summed E-state index contributed by atoms with van der Waals surface area (Å²) >= 11 is 0. The molecule has 2 aromatic carbocycles. The van der Waals surface area contributed by atoms with Crippen LogP contribution in [0, 0.1) is 21.8 Å². The summed E-state index contributed by atoms with van der Waals surface area (Å²) in [5.41, 5.74) is 0.421. The fourth-order valence-electron chi connectivity index (χ4n) is 3.17. The molecule has 1 fully saturated rings. The van der Waals surface area contributed by atoms with E-state index < -0.39 is 16.4 Å². The van der Waals surface area contributed by atoms with Crippen molar-refractivity contribution in [3.63, 3.8) is 0 Å². The number of nitrogens with zero attached hydrogens (tertiary/aromatic N) is 2. The normalized spacial score (nSPS) is 14.7. The zero-order valence-corrected chi connectivity index (χ0v) is 15.6. The number of amides is 2. The van der Waals surface area contributed by atoms with Gasteiger partial charge in [0.1, 0.15) is 0 Å². The van der Waals surface area contributed by atoms with Crippen LogP contribution in [0.4, 0.5) is 15.8 Å². The average Bonchev–Trinajstić information content (AvgIpc) is 2.74. The van der Waals surface area contributed by atoms with Crippen molar-refractivity contribution in [3.8, 4) is 0 Å². The molecule has 0 aromatic heterocycles. The first-order chi connectivity index (χ1) is 13.9. The second-order valence-electron chi connectivity index (χ2n) is 6.76. The summed E-state index contributed by atoms with van der Waals surface area (Å²) in [5, 5.41) is 13.4. The monoisotopic (exact) mass is 397 g/mol. The maximum atomic E-state index is 13.4. The van der Waals surface area contributed by atoms with Gasteiger partial charge in [-0.05, 0) is 36.6 Å². The Labute approximate surface area is 167 Å². The molecule has 3 rings (SSSR count). The first kappa shape index (κ1) is 20.2. The number of carbonyl (C=O) groups excluding carboxylic acids is 2. The van der Waals surface area contributed by atoms with Gasteiger partial charge in [-0.1, -0.05) is 30.3 Å². The molecule has 0 spiro atoms. The molecule has 0 bridgehead atoms. The number of hydrogen-bond acceptors (Lipinski definition) is 4. The molecule has 1 aliphatic heterocycles. The molecule has 0 atom stereocenters. The van der Waals surface area contributed by atoms with Crippen LogP contribution in [0.3, 0.4) is 0 Å². The number of piperidine rings is 1. The predicted octanol–water partition coefficient (Wildman–Crippen LogP) is 3.62. The van der Waals surface area contributed by atoms with Gasteiger partial charge < -0.3 is 10.2 Å². The first-order valence-electron chi connectivity index (χ1n) is 9.21. The molecule has 0 unspecified atom stereocenters. The Morgan fingerprint density at radius 1 is 1.14 bits per heavy atom. The van der Waals surface area contributed by atoms with E-state index in [0.717, 1.165) is 17.7 Å². The number of anilines is 1. The molecule has 0 saturated carbocycles. The van der Waals surface area contributed by atoms with Gasteiger partial charge in [-0.25, -0.2) is 0 Å². The average molecular weight is 397 g/mol. The van der Waals surface area contributed by atoms with Gasteiger partial charge in [0.15, 0.2) is 0 Å². The van der Waals surface area contributed by atoms with Crippen molar-refractivity contribution in [2.75, 3.05) is 18.4 Å². The summed E-state index contributed by atoms with van der Waals surface area (Å²) in [6, 6.07) is 12.7. The highest BCUT2D eigenvalue weighted by Gasteiger charge is 2.27. The minimum absolute atomic E-state index is 0.109. The van der Waals surface area contributed by atoms with Crippen LogP contribution in [0.5, 0.6) is 0 Å². The number of halogens is 1. The third kappa shape index (κ3) is 5.25. The van der Waals surface area contributed by atoms with Gasteiger partial charge in [0.05, 0.1) is 4.92 Å². The number of benzene rings is 2. The van der Waals surface area contributed by atoms with Crippen LogP contribution in [-0.2, 0) is 9.59 Å². The zero-order valence-electron chi connectivity index (χ0n) is 15.6. The Morgan fingerprint density at radius 3 is 2.48 bits per heavy atom. The Kier molecular flexibility index (Phi) is 6.33. The third-order valence-electron chi connectivity index (χ3n) is 4.81. The summed E-state index contributed by atoms with van der Waals surface area (Å²) < 4.78 is 13.4. The maximum absolute atomic E-state index is 13.4. The molecule has 2 amide bonds. The second-order valence-corrected chi connectivity index (χ2v) is 6.76. The van der Waals surface area contributed by atoms with E-state index in [9.17, 15) is 24.1 Å². The summed E-state index contributed by atoms with van der Waals surface area (Å²) in [7, 11) is 0. The van der Waals surface area contributed by atoms with Gasteiger partial charge in [0.25, 0.3) is 0 Å². The van der Waals surface area contributed by atoms with Crippen molar-refractivity contribution in [2.45, 2.75) is 12.8 Å². The highest BCUT2D eigenvalue weighted by atomic mass is 19.1. The van der Waals surface area contributed by atoms with Crippen molar-refractivity contribution >= 4 is 29.3 Å². The number of nitro benzene ring substituents is 1. The summed E-state index contributed by atoms with van der Waals surface area (Å²) in [4.78, 5) is 36.4. The van der Waals surface area contributed by atoms with Crippen molar-refractivity contribution in [1.82, 2.24) is 4.90 Å². The lowest BCUT2D eigenvalue weighted by Crippen LogP contribution is -2.40. The summed E-state index contributed by atoms with van der Waals surface area (Å²) in [6.45, 7) is 0.888. The zero-order chi connectivity index (χ0) is 20.8. The fourth-order valence-corrected chi connectivity index (χ4v) is 3.17. The van der Waals surface area contributed by atoms with Gasteiger partial charge in [-0.15, -0.1) is 0 Å². The minimum atomic E-state index is -0.955. The van der Waals surface area contributed by atoms with Gasteiger partial charge >= 0.3 is 5.69 Å². The van der Waals surface area contributed by atoms with Crippen molar-refractivity contribution in [3.05, 3.63) is 76.1 Å². The van der Waals surface area contributed by atoms with E-state index >= 15 is 0 Å². The minimum Gasteiger partial charge on any atom is -0.339 e. The standard InChI is InChI=1S/C21H20FN3O4/c22-18-8-7-17(14-19(18)25(28)29)23-21(27)16-10-12-24(13-11-16)20(26)9-6-15-4-2-1-3-5-15/h1-9,14,16H,10-13H2,(H,23,27)/b9-6+. The molecular formula is C21H20FN3O4. The molecule has 2 aromatic rings. The van der Waals surface area contributed by atoms with Crippen molar-refractivity contribution in [1.29, 1.82) is 0 Å². The van der Waals surface area contributed by atoms with Crippen LogP contribution in [0.1, 0.15) is 18.4 Å². The highest BCUT2D eigenvalue weighted by molar-refractivity contribution is 5.94. The van der Waals surface area contributed by atoms with Gasteiger partial charge in [0, 0.05) is 36.8 Å². The van der Waals surface area contributed by atoms with E-state index in [0.29, 0.717) is 25.9 Å². The van der Waals surface area contributed by atoms with Crippen molar-refractivity contribution in [2.24, 2.45) is 5.92 Å². The third-order valence-corrected chi connectivity index (χ3v) is 4.81. The molecule has 8 heteroatoms.